The van der Waals surface area contributed by atoms with Crippen molar-refractivity contribution in [2.75, 3.05) is 0 Å². The number of nitrogens with zero attached hydrogens (tertiary/aromatic N) is 3. The van der Waals surface area contributed by atoms with E-state index in [1.54, 1.807) is 30.5 Å². The highest BCUT2D eigenvalue weighted by Gasteiger charge is 2.28. The van der Waals surface area contributed by atoms with E-state index in [1.165, 1.54) is 0 Å². The van der Waals surface area contributed by atoms with E-state index in [2.05, 4.69) is 25.7 Å². The maximum atomic E-state index is 12.0. The molecule has 3 aromatic rings. The fraction of sp³-hybridized carbons (Fsp3) is 0.158. The Labute approximate surface area is 154 Å². The van der Waals surface area contributed by atoms with Gasteiger partial charge in [-0.2, -0.15) is 10.2 Å². The highest BCUT2D eigenvalue weighted by molar-refractivity contribution is 5.94. The number of benzene rings is 2. The maximum absolute atomic E-state index is 12.0. The van der Waals surface area contributed by atoms with Gasteiger partial charge in [-0.05, 0) is 35.4 Å². The first-order chi connectivity index (χ1) is 13.1. The molecule has 1 aliphatic heterocycles. The highest BCUT2D eigenvalue weighted by Crippen LogP contribution is 2.25. The normalized spacial score (nSPS) is 16.2. The predicted molar refractivity (Wildman–Crippen MR) is 99.6 cm³/mol. The van der Waals surface area contributed by atoms with Crippen molar-refractivity contribution in [1.82, 2.24) is 15.5 Å². The third-order valence-corrected chi connectivity index (χ3v) is 4.48. The fourth-order valence-electron chi connectivity index (χ4n) is 3.09. The number of hydrogen-bond donors (Lipinski definition) is 4. The van der Waals surface area contributed by atoms with Crippen LogP contribution in [0.3, 0.4) is 0 Å². The van der Waals surface area contributed by atoms with Crippen LogP contribution >= 0.6 is 0 Å². The van der Waals surface area contributed by atoms with Gasteiger partial charge in [-0.3, -0.25) is 9.89 Å². The van der Waals surface area contributed by atoms with Gasteiger partial charge < -0.3 is 16.2 Å². The number of primary amides is 1. The number of aromatic nitrogens is 2. The van der Waals surface area contributed by atoms with Gasteiger partial charge in [-0.25, -0.2) is 0 Å². The first-order valence-corrected chi connectivity index (χ1v) is 8.49. The molecule has 5 N–H and O–H groups in total. The molecular formula is C19H18N6O2. The minimum atomic E-state index is -0.539. The number of fused-ring (bicyclic) bond motifs is 1. The van der Waals surface area contributed by atoms with Gasteiger partial charge in [0.05, 0.1) is 17.3 Å². The summed E-state index contributed by atoms with van der Waals surface area (Å²) < 4.78 is 0. The molecular weight excluding hydrogens is 344 g/mol. The number of azo groups is 1. The van der Waals surface area contributed by atoms with Crippen molar-refractivity contribution < 1.29 is 9.90 Å². The van der Waals surface area contributed by atoms with Crippen molar-refractivity contribution in [1.29, 1.82) is 0 Å². The van der Waals surface area contributed by atoms with E-state index < -0.39 is 11.9 Å². The summed E-state index contributed by atoms with van der Waals surface area (Å²) in [6.07, 6.45) is 2.28. The van der Waals surface area contributed by atoms with Crippen LogP contribution in [0.25, 0.3) is 10.9 Å². The summed E-state index contributed by atoms with van der Waals surface area (Å²) in [5.41, 5.74) is 8.88. The number of H-pyrrole nitrogens is 1. The Hall–Kier alpha value is -3.68. The summed E-state index contributed by atoms with van der Waals surface area (Å²) in [7, 11) is 0. The first kappa shape index (κ1) is 16.8. The number of carbonyl (C=O) groups excluding carboxylic acids is 1. The number of aromatic amines is 1. The lowest BCUT2D eigenvalue weighted by molar-refractivity contribution is -0.114. The van der Waals surface area contributed by atoms with Gasteiger partial charge in [0.1, 0.15) is 11.8 Å². The van der Waals surface area contributed by atoms with Crippen LogP contribution in [0.2, 0.25) is 0 Å². The highest BCUT2D eigenvalue weighted by atomic mass is 16.3. The largest absolute Gasteiger partial charge is 0.508 e. The second-order valence-electron chi connectivity index (χ2n) is 6.37. The molecule has 1 unspecified atom stereocenters. The monoisotopic (exact) mass is 362 g/mol. The Bertz CT molecular complexity index is 1050. The Balaban J connectivity index is 1.52. The van der Waals surface area contributed by atoms with Crippen LogP contribution in [0, 0.1) is 0 Å². The van der Waals surface area contributed by atoms with Gasteiger partial charge in [0.2, 0.25) is 0 Å². The molecule has 0 saturated heterocycles. The van der Waals surface area contributed by atoms with Crippen molar-refractivity contribution in [3.8, 4) is 5.75 Å². The molecule has 0 spiro atoms. The molecule has 1 aromatic heterocycles. The fourth-order valence-corrected chi connectivity index (χ4v) is 3.09. The zero-order valence-electron chi connectivity index (χ0n) is 14.4. The maximum Gasteiger partial charge on any atom is 0.250 e. The molecule has 1 atom stereocenters. The first-order valence-electron chi connectivity index (χ1n) is 8.49. The molecule has 0 radical (unpaired) electrons. The second kappa shape index (κ2) is 6.91. The van der Waals surface area contributed by atoms with Crippen molar-refractivity contribution in [3.05, 3.63) is 71.2 Å². The van der Waals surface area contributed by atoms with Gasteiger partial charge in [0.15, 0.2) is 5.82 Å². The van der Waals surface area contributed by atoms with Gasteiger partial charge in [-0.15, -0.1) is 5.11 Å². The van der Waals surface area contributed by atoms with E-state index in [1.807, 2.05) is 18.2 Å². The van der Waals surface area contributed by atoms with E-state index in [0.717, 1.165) is 22.0 Å². The van der Waals surface area contributed by atoms with E-state index in [-0.39, 0.29) is 5.75 Å². The number of phenols is 1. The van der Waals surface area contributed by atoms with Crippen LogP contribution in [-0.4, -0.2) is 27.3 Å². The molecule has 27 heavy (non-hydrogen) atoms. The van der Waals surface area contributed by atoms with Crippen molar-refractivity contribution >= 4 is 16.8 Å². The van der Waals surface area contributed by atoms with Gasteiger partial charge in [-0.1, -0.05) is 18.2 Å². The molecule has 0 fully saturated rings. The minimum Gasteiger partial charge on any atom is -0.508 e. The van der Waals surface area contributed by atoms with Crippen LogP contribution < -0.4 is 11.1 Å². The van der Waals surface area contributed by atoms with Crippen LogP contribution in [0.5, 0.6) is 5.75 Å². The number of nitrogens with two attached hydrogens (primary N) is 1. The SMILES string of the molecule is NC(=O)C1=C(NCc2ccc(O)cc2)N=NC1Cc1ccc2[nH]ncc2c1. The molecule has 0 saturated carbocycles. The Kier molecular flexibility index (Phi) is 4.29. The smallest absolute Gasteiger partial charge is 0.250 e. The van der Waals surface area contributed by atoms with Crippen molar-refractivity contribution in [3.63, 3.8) is 0 Å². The lowest BCUT2D eigenvalue weighted by Gasteiger charge is -2.11. The van der Waals surface area contributed by atoms with E-state index in [0.29, 0.717) is 24.4 Å². The summed E-state index contributed by atoms with van der Waals surface area (Å²) >= 11 is 0. The zero-order valence-corrected chi connectivity index (χ0v) is 14.4. The summed E-state index contributed by atoms with van der Waals surface area (Å²) in [4.78, 5) is 12.0. The van der Waals surface area contributed by atoms with Crippen LogP contribution in [0.15, 0.2) is 70.3 Å². The molecule has 0 aliphatic carbocycles. The number of carbonyl (C=O) groups is 1. The Morgan fingerprint density at radius 1 is 1.19 bits per heavy atom. The standard InChI is InChI=1S/C19H18N6O2/c20-18(27)17-16(8-12-3-6-15-13(7-12)10-22-23-15)24-25-19(17)21-9-11-1-4-14(26)5-2-11/h1-7,10,16,21,26H,8-9H2,(H2,20,27)(H,22,23). The van der Waals surface area contributed by atoms with Crippen molar-refractivity contribution in [2.24, 2.45) is 16.0 Å². The van der Waals surface area contributed by atoms with Crippen molar-refractivity contribution in [2.45, 2.75) is 19.0 Å². The number of aromatic hydroxyl groups is 1. The van der Waals surface area contributed by atoms with E-state index in [9.17, 15) is 9.90 Å². The lowest BCUT2D eigenvalue weighted by Crippen LogP contribution is -2.26. The number of nitrogens with one attached hydrogen (secondary N) is 2. The van der Waals surface area contributed by atoms with E-state index >= 15 is 0 Å². The number of rotatable bonds is 6. The number of hydrogen-bond acceptors (Lipinski definition) is 6. The third-order valence-electron chi connectivity index (χ3n) is 4.48. The van der Waals surface area contributed by atoms with Gasteiger partial charge in [0.25, 0.3) is 5.91 Å². The Morgan fingerprint density at radius 2 is 1.96 bits per heavy atom. The van der Waals surface area contributed by atoms with Crippen LogP contribution in [0.4, 0.5) is 0 Å². The molecule has 1 amide bonds. The molecule has 4 rings (SSSR count). The zero-order chi connectivity index (χ0) is 18.8. The summed E-state index contributed by atoms with van der Waals surface area (Å²) in [5, 5.41) is 28.7. The van der Waals surface area contributed by atoms with Gasteiger partial charge >= 0.3 is 0 Å². The topological polar surface area (TPSA) is 129 Å². The second-order valence-corrected chi connectivity index (χ2v) is 6.37. The van der Waals surface area contributed by atoms with Gasteiger partial charge in [0, 0.05) is 18.4 Å². The third kappa shape index (κ3) is 3.50. The lowest BCUT2D eigenvalue weighted by atomic mass is 9.98. The molecule has 2 heterocycles. The minimum absolute atomic E-state index is 0.200. The average Bonchev–Trinajstić information content (AvgIpc) is 3.27. The summed E-state index contributed by atoms with van der Waals surface area (Å²) in [6.45, 7) is 0.444. The summed E-state index contributed by atoms with van der Waals surface area (Å²) in [6, 6.07) is 12.3. The summed E-state index contributed by atoms with van der Waals surface area (Å²) in [5.74, 6) is 0.0542. The van der Waals surface area contributed by atoms with Crippen LogP contribution in [-0.2, 0) is 17.8 Å². The molecule has 1 aliphatic rings. The molecule has 8 nitrogen and oxygen atoms in total. The molecule has 0 bridgehead atoms. The molecule has 136 valence electrons. The molecule has 2 aromatic carbocycles. The number of phenolic OH excluding ortho intramolecular Hbond substituents is 1. The quantitative estimate of drug-likeness (QED) is 0.535. The van der Waals surface area contributed by atoms with E-state index in [4.69, 9.17) is 5.73 Å². The molecule has 8 heteroatoms. The average molecular weight is 362 g/mol. The predicted octanol–water partition coefficient (Wildman–Crippen LogP) is 2.13. The number of amides is 1. The Morgan fingerprint density at radius 3 is 2.74 bits per heavy atom. The van der Waals surface area contributed by atoms with Crippen LogP contribution in [0.1, 0.15) is 11.1 Å².